The summed E-state index contributed by atoms with van der Waals surface area (Å²) in [6.07, 6.45) is 9.57. The minimum atomic E-state index is -1.10. The van der Waals surface area contributed by atoms with Gasteiger partial charge in [-0.3, -0.25) is 9.59 Å². The first-order chi connectivity index (χ1) is 19.5. The third-order valence-electron chi connectivity index (χ3n) is 14.1. The van der Waals surface area contributed by atoms with Crippen LogP contribution < -0.4 is 0 Å². The van der Waals surface area contributed by atoms with E-state index in [1.54, 1.807) is 0 Å². The Hall–Kier alpha value is -1.90. The second-order valence-electron chi connectivity index (χ2n) is 16.9. The minimum Gasteiger partial charge on any atom is -0.611 e. The predicted octanol–water partition coefficient (Wildman–Crippen LogP) is 8.09. The molecule has 0 radical (unpaired) electrons. The number of hydrogen-bond acceptors (Lipinski definition) is 4. The summed E-state index contributed by atoms with van der Waals surface area (Å²) in [6.45, 7) is 15.9. The van der Waals surface area contributed by atoms with E-state index < -0.39 is 16.6 Å². The maximum atomic E-state index is 14.8. The normalized spacial score (nSPS) is 44.4. The largest absolute Gasteiger partial charge is 0.611 e. The van der Waals surface area contributed by atoms with E-state index in [0.717, 1.165) is 49.8 Å². The van der Waals surface area contributed by atoms with Gasteiger partial charge in [-0.25, -0.2) is 0 Å². The van der Waals surface area contributed by atoms with Gasteiger partial charge in [-0.15, -0.1) is 0 Å². The molecule has 0 aliphatic heterocycles. The molecule has 5 aliphatic carbocycles. The first kappa shape index (κ1) is 30.1. The Morgan fingerprint density at radius 3 is 2.24 bits per heavy atom. The molecular formula is C37H49NO3S. The quantitative estimate of drug-likeness (QED) is 0.335. The Morgan fingerprint density at radius 2 is 1.57 bits per heavy atom. The number of carbonyl (C=O) groups is 2. The topological polar surface area (TPSA) is 81.0 Å². The minimum absolute atomic E-state index is 0.0411. The summed E-state index contributed by atoms with van der Waals surface area (Å²) in [6, 6.07) is 12.1. The highest BCUT2D eigenvalue weighted by Gasteiger charge is 2.72. The van der Waals surface area contributed by atoms with Gasteiger partial charge >= 0.3 is 0 Å². The van der Waals surface area contributed by atoms with Crippen molar-refractivity contribution in [3.63, 3.8) is 0 Å². The van der Waals surface area contributed by atoms with Gasteiger partial charge < -0.3 is 4.55 Å². The fourth-order valence-corrected chi connectivity index (χ4v) is 13.2. The molecule has 0 bridgehead atoms. The summed E-state index contributed by atoms with van der Waals surface area (Å²) < 4.78 is 13.8. The standard InChI is InChI=1S/C37H49NO3S/c1-32(2)15-17-37(23-42(41)25-11-9-8-10-12-25)18-16-36(7)30(26(37)21-32)27(39)19-29-34(5)20-24(22-38)31(40)33(3,4)28(34)13-14-35(29,36)6/h8-12,20,26,28-30H,13-19,21,23H2,1-7H3/t26-,28-,29+,30-,34-,35+,36+,37+,42?/m0/s1. The summed E-state index contributed by atoms with van der Waals surface area (Å²) >= 11 is -1.10. The third kappa shape index (κ3) is 4.03. The summed E-state index contributed by atoms with van der Waals surface area (Å²) in [5.41, 5.74) is -0.919. The molecule has 0 heterocycles. The monoisotopic (exact) mass is 587 g/mol. The zero-order valence-electron chi connectivity index (χ0n) is 26.7. The number of rotatable bonds is 3. The van der Waals surface area contributed by atoms with E-state index in [-0.39, 0.29) is 62.1 Å². The highest BCUT2D eigenvalue weighted by atomic mass is 32.2. The smallest absolute Gasteiger partial charge is 0.178 e. The molecule has 4 nitrogen and oxygen atoms in total. The van der Waals surface area contributed by atoms with E-state index in [1.807, 2.05) is 50.3 Å². The van der Waals surface area contributed by atoms with Crippen LogP contribution in [0.4, 0.5) is 0 Å². The van der Waals surface area contributed by atoms with Gasteiger partial charge in [0, 0.05) is 23.2 Å². The fraction of sp³-hybridized carbons (Fsp3) is 0.703. The summed E-state index contributed by atoms with van der Waals surface area (Å²) in [4.78, 5) is 29.0. The van der Waals surface area contributed by atoms with Gasteiger partial charge in [0.25, 0.3) is 0 Å². The van der Waals surface area contributed by atoms with Crippen LogP contribution in [0.15, 0.2) is 46.9 Å². The van der Waals surface area contributed by atoms with Crippen LogP contribution in [0.5, 0.6) is 0 Å². The van der Waals surface area contributed by atoms with Gasteiger partial charge in [0.15, 0.2) is 10.7 Å². The van der Waals surface area contributed by atoms with Crippen LogP contribution in [0.25, 0.3) is 0 Å². The van der Waals surface area contributed by atoms with Crippen LogP contribution in [0, 0.1) is 67.5 Å². The van der Waals surface area contributed by atoms with Crippen LogP contribution in [0.1, 0.15) is 99.8 Å². The van der Waals surface area contributed by atoms with Crippen molar-refractivity contribution < 1.29 is 14.1 Å². The molecule has 1 aromatic rings. The van der Waals surface area contributed by atoms with E-state index in [4.69, 9.17) is 0 Å². The van der Waals surface area contributed by atoms with Crippen molar-refractivity contribution in [2.24, 2.45) is 56.2 Å². The van der Waals surface area contributed by atoms with E-state index in [9.17, 15) is 19.4 Å². The molecule has 0 amide bonds. The molecule has 42 heavy (non-hydrogen) atoms. The average molecular weight is 588 g/mol. The highest BCUT2D eigenvalue weighted by Crippen LogP contribution is 2.76. The Morgan fingerprint density at radius 1 is 0.905 bits per heavy atom. The number of carbonyl (C=O) groups excluding carboxylic acids is 2. The molecule has 0 spiro atoms. The van der Waals surface area contributed by atoms with E-state index in [1.165, 1.54) is 0 Å². The van der Waals surface area contributed by atoms with Crippen molar-refractivity contribution >= 4 is 22.7 Å². The number of benzene rings is 1. The van der Waals surface area contributed by atoms with Crippen molar-refractivity contribution in [2.75, 3.05) is 5.75 Å². The number of allylic oxidation sites excluding steroid dienone is 2. The maximum absolute atomic E-state index is 14.8. The Balaban J connectivity index is 1.42. The first-order valence-electron chi connectivity index (χ1n) is 16.2. The first-order valence-corrected chi connectivity index (χ1v) is 17.5. The van der Waals surface area contributed by atoms with E-state index in [2.05, 4.69) is 40.7 Å². The molecule has 1 unspecified atom stereocenters. The van der Waals surface area contributed by atoms with Gasteiger partial charge in [0.2, 0.25) is 0 Å². The Kier molecular flexibility index (Phi) is 6.85. The molecule has 226 valence electrons. The second-order valence-corrected chi connectivity index (χ2v) is 18.3. The van der Waals surface area contributed by atoms with Crippen LogP contribution in [0.2, 0.25) is 0 Å². The average Bonchev–Trinajstić information content (AvgIpc) is 2.93. The lowest BCUT2D eigenvalue weighted by Gasteiger charge is -2.71. The Bertz CT molecular complexity index is 1370. The Labute approximate surface area is 256 Å². The van der Waals surface area contributed by atoms with Crippen LogP contribution in [-0.2, 0) is 20.8 Å². The van der Waals surface area contributed by atoms with Crippen molar-refractivity contribution in [2.45, 2.75) is 105 Å². The molecule has 9 atom stereocenters. The number of Topliss-reactive ketones (excluding diaryl/α,β-unsaturated/α-hetero) is 2. The van der Waals surface area contributed by atoms with Gasteiger partial charge in [-0.05, 0) is 108 Å². The van der Waals surface area contributed by atoms with Crippen molar-refractivity contribution in [1.29, 1.82) is 5.26 Å². The zero-order chi connectivity index (χ0) is 30.5. The molecule has 4 saturated carbocycles. The number of nitriles is 1. The van der Waals surface area contributed by atoms with Crippen molar-refractivity contribution in [1.82, 2.24) is 0 Å². The second kappa shape index (κ2) is 9.55. The SMILES string of the molecule is CC1(C)CC[C@]2(C[S+]([O-])c3ccccc3)CC[C@]3(C)[C@H](C(=O)C[C@@H]4[C@@]5(C)C=C(C#N)C(=O)C(C)(C)[C@@H]5CC[C@]43C)[C@@H]2C1. The molecule has 4 fully saturated rings. The molecule has 5 aliphatic rings. The van der Waals surface area contributed by atoms with Gasteiger partial charge in [-0.1, -0.05) is 72.7 Å². The van der Waals surface area contributed by atoms with E-state index >= 15 is 0 Å². The van der Waals surface area contributed by atoms with Gasteiger partial charge in [0.1, 0.15) is 17.6 Å². The number of fused-ring (bicyclic) bond motifs is 7. The molecular weight excluding hydrogens is 538 g/mol. The highest BCUT2D eigenvalue weighted by molar-refractivity contribution is 7.91. The third-order valence-corrected chi connectivity index (χ3v) is 15.7. The zero-order valence-corrected chi connectivity index (χ0v) is 27.5. The maximum Gasteiger partial charge on any atom is 0.178 e. The molecule has 1 aromatic carbocycles. The molecule has 0 aromatic heterocycles. The molecule has 5 heteroatoms. The number of nitrogens with zero attached hydrogens (tertiary/aromatic N) is 1. The summed E-state index contributed by atoms with van der Waals surface area (Å²) in [7, 11) is 0. The van der Waals surface area contributed by atoms with Crippen LogP contribution in [-0.4, -0.2) is 21.9 Å². The fourth-order valence-electron chi connectivity index (χ4n) is 11.6. The number of ketones is 2. The van der Waals surface area contributed by atoms with E-state index in [0.29, 0.717) is 18.0 Å². The summed E-state index contributed by atoms with van der Waals surface area (Å²) in [5, 5.41) is 9.98. The molecule has 0 N–H and O–H groups in total. The van der Waals surface area contributed by atoms with Crippen molar-refractivity contribution in [3.8, 4) is 6.07 Å². The lowest BCUT2D eigenvalue weighted by molar-refractivity contribution is -0.220. The number of hydrogen-bond donors (Lipinski definition) is 0. The lowest BCUT2D eigenvalue weighted by Crippen LogP contribution is -2.69. The van der Waals surface area contributed by atoms with Crippen molar-refractivity contribution in [3.05, 3.63) is 42.0 Å². The lowest BCUT2D eigenvalue weighted by atomic mass is 9.31. The van der Waals surface area contributed by atoms with Crippen LogP contribution >= 0.6 is 0 Å². The molecule has 0 saturated heterocycles. The van der Waals surface area contributed by atoms with Gasteiger partial charge in [0.05, 0.1) is 5.57 Å². The van der Waals surface area contributed by atoms with Crippen LogP contribution in [0.3, 0.4) is 0 Å². The molecule has 6 rings (SSSR count). The van der Waals surface area contributed by atoms with Gasteiger partial charge in [-0.2, -0.15) is 5.26 Å². The summed E-state index contributed by atoms with van der Waals surface area (Å²) in [5.74, 6) is 1.36. The predicted molar refractivity (Wildman–Crippen MR) is 167 cm³/mol.